The average molecular weight is 291 g/mol. The molecule has 1 aliphatic carbocycles. The van der Waals surface area contributed by atoms with E-state index in [4.69, 9.17) is 18.0 Å². The van der Waals surface area contributed by atoms with E-state index in [2.05, 4.69) is 56.1 Å². The van der Waals surface area contributed by atoms with Crippen molar-refractivity contribution in [3.8, 4) is 0 Å². The number of aryl methyl sites for hydroxylation is 1. The van der Waals surface area contributed by atoms with E-state index in [0.717, 1.165) is 17.8 Å². The number of nitrogens with two attached hydrogens (primary N) is 1. The molecule has 0 radical (unpaired) electrons. The monoisotopic (exact) mass is 291 g/mol. The zero-order valence-electron chi connectivity index (χ0n) is 12.9. The van der Waals surface area contributed by atoms with E-state index in [9.17, 15) is 0 Å². The standard InChI is InChI=1S/C16H25N3S/c1-12-6-7-14(13(10-12)15(17)20)19(4)11-16(18(2)3)8-5-9-16/h6-7,10H,5,8-9,11H2,1-4H3,(H2,17,20). The maximum Gasteiger partial charge on any atom is 0.106 e. The molecule has 1 aliphatic rings. The predicted octanol–water partition coefficient (Wildman–Crippen LogP) is 2.55. The molecule has 110 valence electrons. The summed E-state index contributed by atoms with van der Waals surface area (Å²) < 4.78 is 0. The summed E-state index contributed by atoms with van der Waals surface area (Å²) in [5.74, 6) is 0. The van der Waals surface area contributed by atoms with Crippen molar-refractivity contribution in [3.05, 3.63) is 29.3 Å². The van der Waals surface area contributed by atoms with E-state index in [1.807, 2.05) is 0 Å². The van der Waals surface area contributed by atoms with E-state index in [1.54, 1.807) is 0 Å². The number of anilines is 1. The number of likely N-dealkylation sites (N-methyl/N-ethyl adjacent to an activating group) is 2. The number of benzene rings is 1. The first-order valence-corrected chi connectivity index (χ1v) is 7.55. The van der Waals surface area contributed by atoms with Gasteiger partial charge in [-0.25, -0.2) is 0 Å². The Morgan fingerprint density at radius 2 is 1.95 bits per heavy atom. The minimum Gasteiger partial charge on any atom is -0.389 e. The summed E-state index contributed by atoms with van der Waals surface area (Å²) in [6.07, 6.45) is 3.85. The molecule has 0 amide bonds. The van der Waals surface area contributed by atoms with Gasteiger partial charge < -0.3 is 15.5 Å². The van der Waals surface area contributed by atoms with E-state index in [-0.39, 0.29) is 0 Å². The van der Waals surface area contributed by atoms with Crippen LogP contribution >= 0.6 is 12.2 Å². The van der Waals surface area contributed by atoms with E-state index in [1.165, 1.54) is 24.8 Å². The van der Waals surface area contributed by atoms with Gasteiger partial charge in [0.1, 0.15) is 4.99 Å². The van der Waals surface area contributed by atoms with Crippen molar-refractivity contribution in [1.29, 1.82) is 0 Å². The highest BCUT2D eigenvalue weighted by atomic mass is 32.1. The lowest BCUT2D eigenvalue weighted by Crippen LogP contribution is -2.56. The highest BCUT2D eigenvalue weighted by Gasteiger charge is 2.40. The second-order valence-electron chi connectivity index (χ2n) is 6.21. The average Bonchev–Trinajstić information content (AvgIpc) is 2.32. The lowest BCUT2D eigenvalue weighted by molar-refractivity contribution is 0.0683. The maximum absolute atomic E-state index is 5.89. The van der Waals surface area contributed by atoms with Crippen LogP contribution in [0.5, 0.6) is 0 Å². The molecular formula is C16H25N3S. The van der Waals surface area contributed by atoms with Gasteiger partial charge in [0.25, 0.3) is 0 Å². The lowest BCUT2D eigenvalue weighted by atomic mass is 9.75. The van der Waals surface area contributed by atoms with Crippen molar-refractivity contribution in [2.24, 2.45) is 5.73 Å². The fraction of sp³-hybridized carbons (Fsp3) is 0.562. The van der Waals surface area contributed by atoms with Gasteiger partial charge in [-0.3, -0.25) is 0 Å². The first-order chi connectivity index (χ1) is 9.35. The zero-order valence-corrected chi connectivity index (χ0v) is 13.8. The Labute approximate surface area is 127 Å². The SMILES string of the molecule is Cc1ccc(N(C)CC2(N(C)C)CCC2)c(C(N)=S)c1. The van der Waals surface area contributed by atoms with Crippen LogP contribution in [0.1, 0.15) is 30.4 Å². The van der Waals surface area contributed by atoms with Crippen LogP contribution in [-0.4, -0.2) is 43.1 Å². The Morgan fingerprint density at radius 3 is 2.40 bits per heavy atom. The molecule has 1 saturated carbocycles. The predicted molar refractivity (Wildman–Crippen MR) is 90.6 cm³/mol. The van der Waals surface area contributed by atoms with Crippen molar-refractivity contribution >= 4 is 22.9 Å². The fourth-order valence-corrected chi connectivity index (χ4v) is 3.20. The summed E-state index contributed by atoms with van der Waals surface area (Å²) in [7, 11) is 6.49. The molecule has 1 aromatic carbocycles. The normalized spacial score (nSPS) is 16.9. The second-order valence-corrected chi connectivity index (χ2v) is 6.65. The molecule has 0 spiro atoms. The summed E-state index contributed by atoms with van der Waals surface area (Å²) in [6, 6.07) is 6.33. The van der Waals surface area contributed by atoms with Crippen LogP contribution in [-0.2, 0) is 0 Å². The molecule has 2 rings (SSSR count). The molecular weight excluding hydrogens is 266 g/mol. The Hall–Kier alpha value is -1.13. The number of hydrogen-bond acceptors (Lipinski definition) is 3. The van der Waals surface area contributed by atoms with Gasteiger partial charge in [-0.05, 0) is 52.4 Å². The number of rotatable bonds is 5. The highest BCUT2D eigenvalue weighted by molar-refractivity contribution is 7.80. The molecule has 3 nitrogen and oxygen atoms in total. The molecule has 0 aliphatic heterocycles. The Balaban J connectivity index is 2.25. The molecule has 1 fully saturated rings. The largest absolute Gasteiger partial charge is 0.389 e. The van der Waals surface area contributed by atoms with Gasteiger partial charge in [0.15, 0.2) is 0 Å². The minimum absolute atomic E-state index is 0.299. The van der Waals surface area contributed by atoms with Crippen LogP contribution in [0.2, 0.25) is 0 Å². The molecule has 0 atom stereocenters. The van der Waals surface area contributed by atoms with E-state index in [0.29, 0.717) is 10.5 Å². The quantitative estimate of drug-likeness (QED) is 0.845. The van der Waals surface area contributed by atoms with Crippen LogP contribution in [0.25, 0.3) is 0 Å². The van der Waals surface area contributed by atoms with Gasteiger partial charge in [0.2, 0.25) is 0 Å². The Bertz CT molecular complexity index is 506. The van der Waals surface area contributed by atoms with E-state index >= 15 is 0 Å². The smallest absolute Gasteiger partial charge is 0.106 e. The summed E-state index contributed by atoms with van der Waals surface area (Å²) in [5, 5.41) is 0. The summed E-state index contributed by atoms with van der Waals surface area (Å²) >= 11 is 5.20. The van der Waals surface area contributed by atoms with Gasteiger partial charge in [-0.2, -0.15) is 0 Å². The first-order valence-electron chi connectivity index (χ1n) is 7.15. The number of thiocarbonyl (C=S) groups is 1. The fourth-order valence-electron chi connectivity index (χ4n) is 3.04. The van der Waals surface area contributed by atoms with Crippen molar-refractivity contribution in [3.63, 3.8) is 0 Å². The molecule has 1 aromatic rings. The van der Waals surface area contributed by atoms with Gasteiger partial charge in [0, 0.05) is 30.4 Å². The second kappa shape index (κ2) is 5.70. The van der Waals surface area contributed by atoms with E-state index < -0.39 is 0 Å². The summed E-state index contributed by atoms with van der Waals surface area (Å²) in [6.45, 7) is 3.08. The van der Waals surface area contributed by atoms with Gasteiger partial charge in [-0.15, -0.1) is 0 Å². The summed E-state index contributed by atoms with van der Waals surface area (Å²) in [5.41, 5.74) is 9.49. The molecule has 20 heavy (non-hydrogen) atoms. The maximum atomic E-state index is 5.89. The lowest BCUT2D eigenvalue weighted by Gasteiger charge is -2.49. The van der Waals surface area contributed by atoms with Crippen molar-refractivity contribution < 1.29 is 0 Å². The van der Waals surface area contributed by atoms with Gasteiger partial charge in [-0.1, -0.05) is 23.8 Å². The molecule has 4 heteroatoms. The van der Waals surface area contributed by atoms with Crippen molar-refractivity contribution in [2.45, 2.75) is 31.7 Å². The molecule has 0 saturated heterocycles. The Morgan fingerprint density at radius 1 is 1.30 bits per heavy atom. The molecule has 2 N–H and O–H groups in total. The topological polar surface area (TPSA) is 32.5 Å². The van der Waals surface area contributed by atoms with Crippen molar-refractivity contribution in [1.82, 2.24) is 4.90 Å². The number of hydrogen-bond donors (Lipinski definition) is 1. The third-order valence-electron chi connectivity index (χ3n) is 4.59. The third kappa shape index (κ3) is 2.81. The molecule has 0 aromatic heterocycles. The zero-order chi connectivity index (χ0) is 14.9. The third-order valence-corrected chi connectivity index (χ3v) is 4.81. The molecule has 0 bridgehead atoms. The van der Waals surface area contributed by atoms with Gasteiger partial charge >= 0.3 is 0 Å². The van der Waals surface area contributed by atoms with Crippen molar-refractivity contribution in [2.75, 3.05) is 32.6 Å². The highest BCUT2D eigenvalue weighted by Crippen LogP contribution is 2.37. The summed E-state index contributed by atoms with van der Waals surface area (Å²) in [4.78, 5) is 5.14. The number of nitrogens with zero attached hydrogens (tertiary/aromatic N) is 2. The van der Waals surface area contributed by atoms with Crippen LogP contribution < -0.4 is 10.6 Å². The van der Waals surface area contributed by atoms with Gasteiger partial charge in [0.05, 0.1) is 0 Å². The molecule has 0 unspecified atom stereocenters. The molecule has 0 heterocycles. The van der Waals surface area contributed by atoms with Crippen LogP contribution in [0.3, 0.4) is 0 Å². The van der Waals surface area contributed by atoms with Crippen LogP contribution in [0.4, 0.5) is 5.69 Å². The van der Waals surface area contributed by atoms with Crippen LogP contribution in [0, 0.1) is 6.92 Å². The first kappa shape index (κ1) is 15.3. The Kier molecular flexibility index (Phi) is 4.35. The van der Waals surface area contributed by atoms with Crippen LogP contribution in [0.15, 0.2) is 18.2 Å². The minimum atomic E-state index is 0.299.